The van der Waals surface area contributed by atoms with Crippen molar-refractivity contribution in [2.24, 2.45) is 0 Å². The van der Waals surface area contributed by atoms with Crippen molar-refractivity contribution in [1.29, 1.82) is 0 Å². The summed E-state index contributed by atoms with van der Waals surface area (Å²) in [5.41, 5.74) is 3.69. The topological polar surface area (TPSA) is 24.9 Å². The zero-order valence-corrected chi connectivity index (χ0v) is 10.9. The predicted molar refractivity (Wildman–Crippen MR) is 74.6 cm³/mol. The molecule has 2 rings (SSSR count). The lowest BCUT2D eigenvalue weighted by molar-refractivity contribution is 0.923. The van der Waals surface area contributed by atoms with Crippen LogP contribution in [0.2, 0.25) is 0 Å². The number of hydrogen-bond donors (Lipinski definition) is 1. The van der Waals surface area contributed by atoms with Crippen LogP contribution in [0, 0.1) is 6.92 Å². The lowest BCUT2D eigenvalue weighted by Gasteiger charge is -2.09. The molecule has 0 spiro atoms. The molecule has 1 aromatic heterocycles. The van der Waals surface area contributed by atoms with Gasteiger partial charge in [-0.1, -0.05) is 19.4 Å². The molecule has 1 N–H and O–H groups in total. The smallest absolute Gasteiger partial charge is 0.129 e. The highest BCUT2D eigenvalue weighted by atomic mass is 15.0. The number of benzene rings is 1. The first-order chi connectivity index (χ1) is 8.24. The molecule has 1 aromatic carbocycles. The number of pyridine rings is 1. The molecular weight excluding hydrogens is 208 g/mol. The molecule has 2 nitrogen and oxygen atoms in total. The second-order valence-corrected chi connectivity index (χ2v) is 4.46. The van der Waals surface area contributed by atoms with Gasteiger partial charge in [0.1, 0.15) is 5.82 Å². The SMILES string of the molecule is CCCc1ccc2nc(NCC)c(C)cc2c1. The summed E-state index contributed by atoms with van der Waals surface area (Å²) < 4.78 is 0. The first kappa shape index (κ1) is 11.9. The van der Waals surface area contributed by atoms with Crippen molar-refractivity contribution >= 4 is 16.7 Å². The van der Waals surface area contributed by atoms with E-state index in [0.717, 1.165) is 24.3 Å². The van der Waals surface area contributed by atoms with Gasteiger partial charge in [0, 0.05) is 11.9 Å². The Morgan fingerprint density at radius 1 is 1.18 bits per heavy atom. The number of fused-ring (bicyclic) bond motifs is 1. The Balaban J connectivity index is 2.46. The van der Waals surface area contributed by atoms with Gasteiger partial charge < -0.3 is 5.32 Å². The van der Waals surface area contributed by atoms with E-state index in [1.807, 2.05) is 0 Å². The Morgan fingerprint density at radius 3 is 2.71 bits per heavy atom. The molecule has 0 aliphatic heterocycles. The maximum Gasteiger partial charge on any atom is 0.129 e. The van der Waals surface area contributed by atoms with E-state index in [0.29, 0.717) is 0 Å². The second-order valence-electron chi connectivity index (χ2n) is 4.46. The molecule has 2 aromatic rings. The van der Waals surface area contributed by atoms with Gasteiger partial charge in [-0.05, 0) is 49.6 Å². The van der Waals surface area contributed by atoms with Crippen LogP contribution < -0.4 is 5.32 Å². The standard InChI is InChI=1S/C15H20N2/c1-4-6-12-7-8-14-13(10-12)9-11(3)15(17-14)16-5-2/h7-10H,4-6H2,1-3H3,(H,16,17). The van der Waals surface area contributed by atoms with Crippen molar-refractivity contribution < 1.29 is 0 Å². The summed E-state index contributed by atoms with van der Waals surface area (Å²) in [5, 5.41) is 4.54. The fraction of sp³-hybridized carbons (Fsp3) is 0.400. The van der Waals surface area contributed by atoms with Gasteiger partial charge in [-0.2, -0.15) is 0 Å². The highest BCUT2D eigenvalue weighted by molar-refractivity contribution is 5.82. The van der Waals surface area contributed by atoms with Crippen LogP contribution in [0.15, 0.2) is 24.3 Å². The van der Waals surface area contributed by atoms with Gasteiger partial charge in [-0.15, -0.1) is 0 Å². The third kappa shape index (κ3) is 2.57. The molecule has 0 aliphatic carbocycles. The largest absolute Gasteiger partial charge is 0.370 e. The van der Waals surface area contributed by atoms with Crippen molar-refractivity contribution in [3.63, 3.8) is 0 Å². The van der Waals surface area contributed by atoms with E-state index in [2.05, 4.69) is 55.3 Å². The van der Waals surface area contributed by atoms with Gasteiger partial charge in [-0.3, -0.25) is 0 Å². The second kappa shape index (κ2) is 5.17. The quantitative estimate of drug-likeness (QED) is 0.857. The van der Waals surface area contributed by atoms with Gasteiger partial charge in [0.25, 0.3) is 0 Å². The predicted octanol–water partition coefficient (Wildman–Crippen LogP) is 3.93. The first-order valence-corrected chi connectivity index (χ1v) is 6.38. The summed E-state index contributed by atoms with van der Waals surface area (Å²) in [6, 6.07) is 8.79. The molecule has 0 saturated heterocycles. The van der Waals surface area contributed by atoms with Gasteiger partial charge in [0.15, 0.2) is 0 Å². The van der Waals surface area contributed by atoms with E-state index >= 15 is 0 Å². The minimum Gasteiger partial charge on any atom is -0.370 e. The van der Waals surface area contributed by atoms with Crippen molar-refractivity contribution in [2.75, 3.05) is 11.9 Å². The van der Waals surface area contributed by atoms with Crippen molar-refractivity contribution in [3.05, 3.63) is 35.4 Å². The van der Waals surface area contributed by atoms with Crippen LogP contribution >= 0.6 is 0 Å². The molecule has 0 atom stereocenters. The number of aryl methyl sites for hydroxylation is 2. The molecule has 0 saturated carbocycles. The number of hydrogen-bond acceptors (Lipinski definition) is 2. The zero-order valence-electron chi connectivity index (χ0n) is 10.9. The molecule has 0 unspecified atom stereocenters. The highest BCUT2D eigenvalue weighted by Gasteiger charge is 2.03. The molecule has 90 valence electrons. The molecule has 0 aliphatic rings. The third-order valence-corrected chi connectivity index (χ3v) is 2.95. The molecule has 0 radical (unpaired) electrons. The maximum absolute atomic E-state index is 4.65. The van der Waals surface area contributed by atoms with E-state index in [1.54, 1.807) is 0 Å². The fourth-order valence-corrected chi connectivity index (χ4v) is 2.12. The molecule has 17 heavy (non-hydrogen) atoms. The van der Waals surface area contributed by atoms with Crippen LogP contribution in [0.4, 0.5) is 5.82 Å². The van der Waals surface area contributed by atoms with Gasteiger partial charge in [0.05, 0.1) is 5.52 Å². The summed E-state index contributed by atoms with van der Waals surface area (Å²) >= 11 is 0. The number of rotatable bonds is 4. The maximum atomic E-state index is 4.65. The summed E-state index contributed by atoms with van der Waals surface area (Å²) in [4.78, 5) is 4.65. The molecule has 0 fully saturated rings. The molecule has 1 heterocycles. The van der Waals surface area contributed by atoms with Crippen LogP contribution in [-0.4, -0.2) is 11.5 Å². The minimum atomic E-state index is 0.910. The molecule has 2 heteroatoms. The molecule has 0 amide bonds. The zero-order chi connectivity index (χ0) is 12.3. The normalized spacial score (nSPS) is 10.8. The van der Waals surface area contributed by atoms with Crippen molar-refractivity contribution in [2.45, 2.75) is 33.6 Å². The number of aromatic nitrogens is 1. The summed E-state index contributed by atoms with van der Waals surface area (Å²) in [6.45, 7) is 7.32. The average Bonchev–Trinajstić information content (AvgIpc) is 2.31. The Labute approximate surface area is 103 Å². The lowest BCUT2D eigenvalue weighted by Crippen LogP contribution is -2.01. The summed E-state index contributed by atoms with van der Waals surface area (Å²) in [7, 11) is 0. The number of nitrogens with zero attached hydrogens (tertiary/aromatic N) is 1. The van der Waals surface area contributed by atoms with Gasteiger partial charge in [-0.25, -0.2) is 4.98 Å². The number of nitrogens with one attached hydrogen (secondary N) is 1. The van der Waals surface area contributed by atoms with E-state index in [9.17, 15) is 0 Å². The Hall–Kier alpha value is -1.57. The summed E-state index contributed by atoms with van der Waals surface area (Å²) in [6.07, 6.45) is 2.33. The Kier molecular flexibility index (Phi) is 3.62. The average molecular weight is 228 g/mol. The molecule has 0 bridgehead atoms. The fourth-order valence-electron chi connectivity index (χ4n) is 2.12. The van der Waals surface area contributed by atoms with Crippen molar-refractivity contribution in [3.8, 4) is 0 Å². The van der Waals surface area contributed by atoms with Crippen LogP contribution in [-0.2, 0) is 6.42 Å². The monoisotopic (exact) mass is 228 g/mol. The van der Waals surface area contributed by atoms with E-state index in [4.69, 9.17) is 0 Å². The van der Waals surface area contributed by atoms with Crippen molar-refractivity contribution in [1.82, 2.24) is 4.98 Å². The first-order valence-electron chi connectivity index (χ1n) is 6.38. The highest BCUT2D eigenvalue weighted by Crippen LogP contribution is 2.21. The van der Waals surface area contributed by atoms with Crippen LogP contribution in [0.1, 0.15) is 31.4 Å². The van der Waals surface area contributed by atoms with E-state index in [-0.39, 0.29) is 0 Å². The lowest BCUT2D eigenvalue weighted by atomic mass is 10.1. The van der Waals surface area contributed by atoms with Crippen LogP contribution in [0.5, 0.6) is 0 Å². The Bertz CT molecular complexity index is 518. The van der Waals surface area contributed by atoms with Gasteiger partial charge in [0.2, 0.25) is 0 Å². The van der Waals surface area contributed by atoms with E-state index in [1.165, 1.54) is 22.9 Å². The van der Waals surface area contributed by atoms with Crippen LogP contribution in [0.3, 0.4) is 0 Å². The Morgan fingerprint density at radius 2 is 2.00 bits per heavy atom. The molecular formula is C15H20N2. The number of anilines is 1. The minimum absolute atomic E-state index is 0.910. The van der Waals surface area contributed by atoms with Crippen LogP contribution in [0.25, 0.3) is 10.9 Å². The van der Waals surface area contributed by atoms with E-state index < -0.39 is 0 Å². The van der Waals surface area contributed by atoms with Gasteiger partial charge >= 0.3 is 0 Å². The summed E-state index contributed by atoms with van der Waals surface area (Å²) in [5.74, 6) is 1.00. The third-order valence-electron chi connectivity index (χ3n) is 2.95.